The molecule has 0 saturated carbocycles. The van der Waals surface area contributed by atoms with E-state index < -0.39 is 12.0 Å². The summed E-state index contributed by atoms with van der Waals surface area (Å²) in [6.45, 7) is 6.87. The molecule has 1 aromatic rings. The van der Waals surface area contributed by atoms with Crippen LogP contribution in [0.1, 0.15) is 31.9 Å². The van der Waals surface area contributed by atoms with Gasteiger partial charge in [0.05, 0.1) is 25.8 Å². The van der Waals surface area contributed by atoms with E-state index in [9.17, 15) is 9.59 Å². The van der Waals surface area contributed by atoms with Crippen LogP contribution in [0.2, 0.25) is 0 Å². The summed E-state index contributed by atoms with van der Waals surface area (Å²) in [6, 6.07) is 6.43. The fourth-order valence-electron chi connectivity index (χ4n) is 4.28. The van der Waals surface area contributed by atoms with Crippen LogP contribution >= 0.6 is 0 Å². The number of urea groups is 1. The normalized spacial score (nSPS) is 25.7. The fourth-order valence-corrected chi connectivity index (χ4v) is 4.28. The van der Waals surface area contributed by atoms with E-state index in [4.69, 9.17) is 9.47 Å². The quantitative estimate of drug-likeness (QED) is 0.759. The molecule has 2 heterocycles. The third-order valence-corrected chi connectivity index (χ3v) is 5.33. The second-order valence-electron chi connectivity index (χ2n) is 7.83. The first-order valence-corrected chi connectivity index (χ1v) is 9.66. The number of amides is 2. The monoisotopic (exact) mass is 387 g/mol. The number of carbonyl (C=O) groups is 2. The number of nitrogens with zero attached hydrogens (tertiary/aromatic N) is 1. The number of esters is 1. The zero-order chi connectivity index (χ0) is 20.3. The molecule has 1 saturated heterocycles. The van der Waals surface area contributed by atoms with Crippen LogP contribution in [0.25, 0.3) is 0 Å². The summed E-state index contributed by atoms with van der Waals surface area (Å²) in [7, 11) is 2.96. The SMILES string of the molecule is COC(=O)C1=C(CN2C[C@H](C)C[C@@H](C)C2)NC(=O)N[C@@H]1c1ccc(OC)cc1. The third-order valence-electron chi connectivity index (χ3n) is 5.33. The first kappa shape index (κ1) is 20.2. The molecule has 0 aliphatic carbocycles. The molecule has 2 N–H and O–H groups in total. The van der Waals surface area contributed by atoms with Gasteiger partial charge in [-0.3, -0.25) is 4.90 Å². The first-order valence-electron chi connectivity index (χ1n) is 9.66. The molecule has 2 aliphatic rings. The van der Waals surface area contributed by atoms with E-state index in [1.165, 1.54) is 13.5 Å². The van der Waals surface area contributed by atoms with Crippen molar-refractivity contribution in [2.75, 3.05) is 33.9 Å². The summed E-state index contributed by atoms with van der Waals surface area (Å²) < 4.78 is 10.3. The second kappa shape index (κ2) is 8.65. The Morgan fingerprint density at radius 3 is 2.36 bits per heavy atom. The molecule has 28 heavy (non-hydrogen) atoms. The van der Waals surface area contributed by atoms with Gasteiger partial charge in [-0.2, -0.15) is 0 Å². The standard InChI is InChI=1S/C21H29N3O4/c1-13-9-14(2)11-24(10-13)12-17-18(20(25)28-4)19(23-21(26)22-17)15-5-7-16(27-3)8-6-15/h5-8,13-14,19H,9-12H2,1-4H3,(H2,22,23,26)/t13-,14-,19-/m1/s1. The summed E-state index contributed by atoms with van der Waals surface area (Å²) in [5.74, 6) is 1.44. The highest BCUT2D eigenvalue weighted by Gasteiger charge is 2.35. The third kappa shape index (κ3) is 4.47. The molecule has 0 radical (unpaired) electrons. The fraction of sp³-hybridized carbons (Fsp3) is 0.524. The van der Waals surface area contributed by atoms with Crippen molar-refractivity contribution in [3.8, 4) is 5.75 Å². The molecule has 7 nitrogen and oxygen atoms in total. The van der Waals surface area contributed by atoms with E-state index in [1.807, 2.05) is 24.3 Å². The Hall–Kier alpha value is -2.54. The van der Waals surface area contributed by atoms with Crippen LogP contribution in [-0.2, 0) is 9.53 Å². The number of hydrogen-bond acceptors (Lipinski definition) is 5. The molecular formula is C21H29N3O4. The second-order valence-corrected chi connectivity index (χ2v) is 7.83. The van der Waals surface area contributed by atoms with Gasteiger partial charge in [-0.25, -0.2) is 9.59 Å². The predicted octanol–water partition coefficient (Wildman–Crippen LogP) is 2.45. The van der Waals surface area contributed by atoms with Crippen molar-refractivity contribution in [2.24, 2.45) is 11.8 Å². The number of carbonyl (C=O) groups excluding carboxylic acids is 2. The van der Waals surface area contributed by atoms with Gasteiger partial charge in [-0.05, 0) is 36.0 Å². The van der Waals surface area contributed by atoms with Crippen molar-refractivity contribution in [3.05, 3.63) is 41.1 Å². The summed E-state index contributed by atoms with van der Waals surface area (Å²) in [5.41, 5.74) is 1.85. The van der Waals surface area contributed by atoms with Gasteiger partial charge in [0, 0.05) is 25.3 Å². The topological polar surface area (TPSA) is 79.9 Å². The van der Waals surface area contributed by atoms with E-state index >= 15 is 0 Å². The lowest BCUT2D eigenvalue weighted by atomic mass is 9.91. The summed E-state index contributed by atoms with van der Waals surface area (Å²) >= 11 is 0. The molecule has 2 aliphatic heterocycles. The number of piperidine rings is 1. The molecule has 0 unspecified atom stereocenters. The number of benzene rings is 1. The smallest absolute Gasteiger partial charge is 0.338 e. The van der Waals surface area contributed by atoms with Crippen LogP contribution in [0.5, 0.6) is 5.75 Å². The average molecular weight is 387 g/mol. The van der Waals surface area contributed by atoms with Crippen LogP contribution < -0.4 is 15.4 Å². The Morgan fingerprint density at radius 2 is 1.79 bits per heavy atom. The van der Waals surface area contributed by atoms with Crippen molar-refractivity contribution in [2.45, 2.75) is 26.3 Å². The van der Waals surface area contributed by atoms with Gasteiger partial charge < -0.3 is 20.1 Å². The Kier molecular flexibility index (Phi) is 6.24. The molecule has 0 spiro atoms. The van der Waals surface area contributed by atoms with Gasteiger partial charge in [0.1, 0.15) is 5.75 Å². The number of rotatable bonds is 5. The molecule has 152 valence electrons. The highest BCUT2D eigenvalue weighted by atomic mass is 16.5. The maximum atomic E-state index is 12.6. The lowest BCUT2D eigenvalue weighted by molar-refractivity contribution is -0.136. The van der Waals surface area contributed by atoms with Crippen LogP contribution in [0.4, 0.5) is 4.79 Å². The summed E-state index contributed by atoms with van der Waals surface area (Å²) in [5, 5.41) is 5.70. The minimum atomic E-state index is -0.568. The Bertz CT molecular complexity index is 749. The summed E-state index contributed by atoms with van der Waals surface area (Å²) in [6.07, 6.45) is 1.20. The van der Waals surface area contributed by atoms with Gasteiger partial charge in [0.25, 0.3) is 0 Å². The number of ether oxygens (including phenoxy) is 2. The lowest BCUT2D eigenvalue weighted by Gasteiger charge is -2.37. The van der Waals surface area contributed by atoms with Gasteiger partial charge in [-0.1, -0.05) is 26.0 Å². The molecule has 1 aromatic carbocycles. The van der Waals surface area contributed by atoms with Crippen molar-refractivity contribution in [1.29, 1.82) is 0 Å². The van der Waals surface area contributed by atoms with Gasteiger partial charge in [0.15, 0.2) is 0 Å². The number of hydrogen-bond donors (Lipinski definition) is 2. The summed E-state index contributed by atoms with van der Waals surface area (Å²) in [4.78, 5) is 27.3. The Balaban J connectivity index is 1.95. The largest absolute Gasteiger partial charge is 0.497 e. The highest BCUT2D eigenvalue weighted by molar-refractivity contribution is 5.95. The molecule has 7 heteroatoms. The van der Waals surface area contributed by atoms with Gasteiger partial charge in [0.2, 0.25) is 0 Å². The van der Waals surface area contributed by atoms with Crippen molar-refractivity contribution >= 4 is 12.0 Å². The Labute approximate surface area is 166 Å². The number of likely N-dealkylation sites (tertiary alicyclic amines) is 1. The molecule has 2 amide bonds. The van der Waals surface area contributed by atoms with E-state index in [1.54, 1.807) is 7.11 Å². The average Bonchev–Trinajstić information content (AvgIpc) is 2.66. The predicted molar refractivity (Wildman–Crippen MR) is 106 cm³/mol. The minimum absolute atomic E-state index is 0.318. The van der Waals surface area contributed by atoms with E-state index in [-0.39, 0.29) is 6.03 Å². The van der Waals surface area contributed by atoms with E-state index in [0.717, 1.165) is 18.7 Å². The molecule has 0 aromatic heterocycles. The zero-order valence-corrected chi connectivity index (χ0v) is 17.0. The maximum absolute atomic E-state index is 12.6. The van der Waals surface area contributed by atoms with Gasteiger partial charge >= 0.3 is 12.0 Å². The molecule has 0 bridgehead atoms. The van der Waals surface area contributed by atoms with Crippen molar-refractivity contribution in [1.82, 2.24) is 15.5 Å². The van der Waals surface area contributed by atoms with E-state index in [0.29, 0.717) is 35.4 Å². The molecule has 1 fully saturated rings. The Morgan fingerprint density at radius 1 is 1.14 bits per heavy atom. The van der Waals surface area contributed by atoms with Crippen LogP contribution in [-0.4, -0.2) is 50.8 Å². The van der Waals surface area contributed by atoms with Crippen molar-refractivity contribution in [3.63, 3.8) is 0 Å². The lowest BCUT2D eigenvalue weighted by Crippen LogP contribution is -2.50. The van der Waals surface area contributed by atoms with Gasteiger partial charge in [-0.15, -0.1) is 0 Å². The maximum Gasteiger partial charge on any atom is 0.338 e. The van der Waals surface area contributed by atoms with Crippen LogP contribution in [0, 0.1) is 11.8 Å². The minimum Gasteiger partial charge on any atom is -0.497 e. The van der Waals surface area contributed by atoms with Crippen LogP contribution in [0.3, 0.4) is 0 Å². The van der Waals surface area contributed by atoms with Crippen molar-refractivity contribution < 1.29 is 19.1 Å². The molecule has 3 rings (SSSR count). The number of nitrogens with one attached hydrogen (secondary N) is 2. The van der Waals surface area contributed by atoms with Crippen LogP contribution in [0.15, 0.2) is 35.5 Å². The highest BCUT2D eigenvalue weighted by Crippen LogP contribution is 2.30. The molecule has 3 atom stereocenters. The zero-order valence-electron chi connectivity index (χ0n) is 17.0. The van der Waals surface area contributed by atoms with E-state index in [2.05, 4.69) is 29.4 Å². The molecular weight excluding hydrogens is 358 g/mol. The first-order chi connectivity index (χ1) is 13.4. The number of methoxy groups -OCH3 is 2.